The summed E-state index contributed by atoms with van der Waals surface area (Å²) in [4.78, 5) is 0. The van der Waals surface area contributed by atoms with E-state index in [0.29, 0.717) is 29.0 Å². The largest absolute Gasteiger partial charge is 0.319 e. The molecule has 1 fully saturated rings. The van der Waals surface area contributed by atoms with E-state index in [4.69, 9.17) is 4.55 Å². The summed E-state index contributed by atoms with van der Waals surface area (Å²) in [5, 5.41) is 3.30. The van der Waals surface area contributed by atoms with Crippen LogP contribution in [0, 0.1) is 11.8 Å². The molecule has 2 N–H and O–H groups in total. The molecule has 0 bridgehead atoms. The summed E-state index contributed by atoms with van der Waals surface area (Å²) < 4.78 is 29.7. The average molecular weight is 309 g/mol. The molecule has 4 nitrogen and oxygen atoms in total. The second kappa shape index (κ2) is 9.21. The molecule has 1 rings (SSSR count). The molecular formula is C13H27NO3S2. The van der Waals surface area contributed by atoms with Crippen LogP contribution in [0.5, 0.6) is 0 Å². The topological polar surface area (TPSA) is 66.4 Å². The predicted octanol–water partition coefficient (Wildman–Crippen LogP) is 3.11. The molecule has 0 aromatic heterocycles. The van der Waals surface area contributed by atoms with Gasteiger partial charge < -0.3 is 5.32 Å². The van der Waals surface area contributed by atoms with Crippen molar-refractivity contribution in [3.63, 3.8) is 0 Å². The van der Waals surface area contributed by atoms with Gasteiger partial charge in [0.05, 0.1) is 0 Å². The number of nitrogens with one attached hydrogen (secondary N) is 1. The molecule has 0 aromatic rings. The van der Waals surface area contributed by atoms with Crippen LogP contribution in [0.2, 0.25) is 0 Å². The van der Waals surface area contributed by atoms with E-state index in [1.54, 1.807) is 0 Å². The summed E-state index contributed by atoms with van der Waals surface area (Å²) in [6, 6.07) is 0. The second-order valence-corrected chi connectivity index (χ2v) is 8.94. The molecule has 0 aliphatic heterocycles. The van der Waals surface area contributed by atoms with E-state index < -0.39 is 9.15 Å². The lowest BCUT2D eigenvalue weighted by atomic mass is 9.82. The van der Waals surface area contributed by atoms with Crippen LogP contribution in [0.15, 0.2) is 0 Å². The molecule has 0 radical (unpaired) electrons. The summed E-state index contributed by atoms with van der Waals surface area (Å²) in [7, 11) is -3.28. The zero-order valence-corrected chi connectivity index (χ0v) is 13.4. The van der Waals surface area contributed by atoms with Gasteiger partial charge in [-0.2, -0.15) is 8.42 Å². The van der Waals surface area contributed by atoms with Gasteiger partial charge in [-0.1, -0.05) is 45.4 Å². The molecule has 1 aliphatic carbocycles. The summed E-state index contributed by atoms with van der Waals surface area (Å²) in [5.41, 5.74) is 0. The molecule has 0 spiro atoms. The van der Waals surface area contributed by atoms with Gasteiger partial charge in [0, 0.05) is 12.3 Å². The Labute approximate surface area is 121 Å². The van der Waals surface area contributed by atoms with E-state index >= 15 is 0 Å². The number of hydrogen-bond acceptors (Lipinski definition) is 4. The van der Waals surface area contributed by atoms with Gasteiger partial charge in [0.1, 0.15) is 0 Å². The van der Waals surface area contributed by atoms with Crippen LogP contribution < -0.4 is 5.32 Å². The molecule has 1 saturated carbocycles. The molecule has 0 amide bonds. The van der Waals surface area contributed by atoms with E-state index in [0.717, 1.165) is 12.5 Å². The molecule has 114 valence electrons. The highest BCUT2D eigenvalue weighted by molar-refractivity contribution is 8.69. The lowest BCUT2D eigenvalue weighted by Gasteiger charge is -2.26. The Morgan fingerprint density at radius 1 is 1.32 bits per heavy atom. The fraction of sp³-hybridized carbons (Fsp3) is 1.00. The minimum absolute atomic E-state index is 0.401. The summed E-state index contributed by atoms with van der Waals surface area (Å²) in [5.74, 6) is 1.99. The van der Waals surface area contributed by atoms with Gasteiger partial charge in [0.25, 0.3) is 0 Å². The van der Waals surface area contributed by atoms with Crippen molar-refractivity contribution in [2.45, 2.75) is 51.9 Å². The zero-order chi connectivity index (χ0) is 14.1. The Morgan fingerprint density at radius 2 is 2.00 bits per heavy atom. The Bertz CT molecular complexity index is 327. The summed E-state index contributed by atoms with van der Waals surface area (Å²) in [6.45, 7) is 3.81. The molecule has 0 saturated heterocycles. The zero-order valence-electron chi connectivity index (χ0n) is 11.8. The molecule has 1 aliphatic rings. The van der Waals surface area contributed by atoms with Gasteiger partial charge >= 0.3 is 9.15 Å². The lowest BCUT2D eigenvalue weighted by Crippen LogP contribution is -2.27. The van der Waals surface area contributed by atoms with Gasteiger partial charge in [-0.15, -0.1) is 0 Å². The van der Waals surface area contributed by atoms with Crippen LogP contribution in [-0.2, 0) is 9.15 Å². The SMILES string of the molecule is CCC(CNCCSS(=O)(=O)O)CC1CCCCC1. The van der Waals surface area contributed by atoms with Crippen molar-refractivity contribution < 1.29 is 13.0 Å². The predicted molar refractivity (Wildman–Crippen MR) is 81.8 cm³/mol. The second-order valence-electron chi connectivity index (χ2n) is 5.47. The van der Waals surface area contributed by atoms with Crippen molar-refractivity contribution in [3.05, 3.63) is 0 Å². The Kier molecular flexibility index (Phi) is 8.37. The fourth-order valence-electron chi connectivity index (χ4n) is 2.81. The van der Waals surface area contributed by atoms with Crippen LogP contribution in [0.4, 0.5) is 0 Å². The molecule has 0 heterocycles. The molecule has 6 heteroatoms. The van der Waals surface area contributed by atoms with E-state index in [9.17, 15) is 8.42 Å². The van der Waals surface area contributed by atoms with Crippen LogP contribution in [0.25, 0.3) is 0 Å². The Morgan fingerprint density at radius 3 is 2.58 bits per heavy atom. The van der Waals surface area contributed by atoms with E-state index in [2.05, 4.69) is 12.2 Å². The van der Waals surface area contributed by atoms with Crippen LogP contribution in [0.3, 0.4) is 0 Å². The third-order valence-electron chi connectivity index (χ3n) is 3.91. The third-order valence-corrected chi connectivity index (χ3v) is 5.98. The van der Waals surface area contributed by atoms with Crippen molar-refractivity contribution in [3.8, 4) is 0 Å². The van der Waals surface area contributed by atoms with Crippen molar-refractivity contribution in [2.24, 2.45) is 11.8 Å². The molecule has 1 unspecified atom stereocenters. The number of hydrogen-bond donors (Lipinski definition) is 2. The van der Waals surface area contributed by atoms with Crippen molar-refractivity contribution in [1.29, 1.82) is 0 Å². The standard InChI is InChI=1S/C13H27NO3S2/c1-2-12(10-13-6-4-3-5-7-13)11-14-8-9-18-19(15,16)17/h12-14H,2-11H2,1H3,(H,15,16,17). The maximum absolute atomic E-state index is 10.5. The van der Waals surface area contributed by atoms with Crippen LogP contribution in [-0.4, -0.2) is 31.8 Å². The summed E-state index contributed by atoms with van der Waals surface area (Å²) >= 11 is 0. The fourth-order valence-corrected chi connectivity index (χ4v) is 4.13. The highest BCUT2D eigenvalue weighted by Crippen LogP contribution is 2.29. The Balaban J connectivity index is 2.10. The van der Waals surface area contributed by atoms with E-state index in [-0.39, 0.29) is 0 Å². The summed E-state index contributed by atoms with van der Waals surface area (Å²) in [6.07, 6.45) is 9.42. The van der Waals surface area contributed by atoms with Crippen molar-refractivity contribution >= 4 is 19.9 Å². The van der Waals surface area contributed by atoms with Crippen LogP contribution in [0.1, 0.15) is 51.9 Å². The normalized spacial score (nSPS) is 19.5. The third kappa shape index (κ3) is 8.89. The maximum atomic E-state index is 10.5. The van der Waals surface area contributed by atoms with Gasteiger partial charge in [-0.25, -0.2) is 0 Å². The maximum Gasteiger partial charge on any atom is 0.319 e. The average Bonchev–Trinajstić information content (AvgIpc) is 2.37. The first-order valence-corrected chi connectivity index (χ1v) is 10.3. The lowest BCUT2D eigenvalue weighted by molar-refractivity contribution is 0.278. The molecule has 1 atom stereocenters. The van der Waals surface area contributed by atoms with Crippen molar-refractivity contribution in [2.75, 3.05) is 18.8 Å². The monoisotopic (exact) mass is 309 g/mol. The van der Waals surface area contributed by atoms with E-state index in [1.807, 2.05) is 0 Å². The first-order valence-electron chi connectivity index (χ1n) is 7.33. The van der Waals surface area contributed by atoms with E-state index in [1.165, 1.54) is 44.9 Å². The number of rotatable bonds is 9. The Hall–Kier alpha value is 0.220. The highest BCUT2D eigenvalue weighted by Gasteiger charge is 2.17. The minimum Gasteiger partial charge on any atom is -0.316 e. The molecular weight excluding hydrogens is 282 g/mol. The molecule has 0 aromatic carbocycles. The molecule has 19 heavy (non-hydrogen) atoms. The van der Waals surface area contributed by atoms with Crippen molar-refractivity contribution in [1.82, 2.24) is 5.32 Å². The minimum atomic E-state index is -3.88. The quantitative estimate of drug-likeness (QED) is 0.389. The van der Waals surface area contributed by atoms with Crippen LogP contribution >= 0.6 is 10.8 Å². The first-order chi connectivity index (χ1) is 9.01. The van der Waals surface area contributed by atoms with Gasteiger partial charge in [-0.05, 0) is 35.6 Å². The highest BCUT2D eigenvalue weighted by atomic mass is 33.1. The van der Waals surface area contributed by atoms with Gasteiger partial charge in [0.2, 0.25) is 0 Å². The first kappa shape index (κ1) is 17.3. The van der Waals surface area contributed by atoms with Gasteiger partial charge in [0.15, 0.2) is 0 Å². The van der Waals surface area contributed by atoms with Gasteiger partial charge in [-0.3, -0.25) is 4.55 Å². The smallest absolute Gasteiger partial charge is 0.316 e.